The van der Waals surface area contributed by atoms with Gasteiger partial charge in [-0.05, 0) is 35.9 Å². The second-order valence-electron chi connectivity index (χ2n) is 8.27. The Kier molecular flexibility index (Phi) is 6.43. The van der Waals surface area contributed by atoms with Crippen LogP contribution in [0.2, 0.25) is 0 Å². The van der Waals surface area contributed by atoms with Gasteiger partial charge in [0.25, 0.3) is 0 Å². The molecule has 4 rings (SSSR count). The van der Waals surface area contributed by atoms with Crippen LogP contribution in [0, 0.1) is 12.8 Å². The number of benzene rings is 1. The van der Waals surface area contributed by atoms with Crippen molar-refractivity contribution in [1.29, 1.82) is 0 Å². The summed E-state index contributed by atoms with van der Waals surface area (Å²) >= 11 is 1.74. The lowest BCUT2D eigenvalue weighted by atomic mass is 9.96. The third-order valence-electron chi connectivity index (χ3n) is 6.06. The van der Waals surface area contributed by atoms with Crippen LogP contribution in [0.5, 0.6) is 5.88 Å². The van der Waals surface area contributed by atoms with Crippen molar-refractivity contribution in [3.05, 3.63) is 58.6 Å². The summed E-state index contributed by atoms with van der Waals surface area (Å²) in [6.07, 6.45) is 0.744. The normalized spacial score (nSPS) is 17.7. The van der Waals surface area contributed by atoms with Crippen molar-refractivity contribution in [2.75, 3.05) is 33.8 Å². The molecule has 0 N–H and O–H groups in total. The van der Waals surface area contributed by atoms with Crippen molar-refractivity contribution in [2.45, 2.75) is 19.9 Å². The molecule has 0 saturated carbocycles. The van der Waals surface area contributed by atoms with Crippen LogP contribution in [0.1, 0.15) is 16.8 Å². The van der Waals surface area contributed by atoms with Gasteiger partial charge in [0.05, 0.1) is 24.3 Å². The second kappa shape index (κ2) is 9.24. The van der Waals surface area contributed by atoms with Crippen LogP contribution in [-0.2, 0) is 24.8 Å². The minimum absolute atomic E-state index is 0.0666. The fourth-order valence-electron chi connectivity index (χ4n) is 4.36. The molecule has 0 spiro atoms. The molecule has 164 valence electrons. The van der Waals surface area contributed by atoms with Crippen molar-refractivity contribution in [3.63, 3.8) is 0 Å². The van der Waals surface area contributed by atoms with E-state index < -0.39 is 0 Å². The Hall–Kier alpha value is -2.64. The summed E-state index contributed by atoms with van der Waals surface area (Å²) in [6, 6.07) is 12.8. The Balaban J connectivity index is 1.50. The Morgan fingerprint density at radius 3 is 2.61 bits per heavy atom. The molecule has 3 aromatic rings. The first-order chi connectivity index (χ1) is 15.0. The van der Waals surface area contributed by atoms with Gasteiger partial charge in [-0.15, -0.1) is 11.3 Å². The third-order valence-corrected chi connectivity index (χ3v) is 6.98. The lowest BCUT2D eigenvalue weighted by molar-refractivity contribution is -0.133. The highest BCUT2D eigenvalue weighted by Gasteiger charge is 2.30. The monoisotopic (exact) mass is 438 g/mol. The molecule has 7 heteroatoms. The smallest absolute Gasteiger partial charge is 0.227 e. The first-order valence-corrected chi connectivity index (χ1v) is 11.5. The molecule has 1 aliphatic heterocycles. The number of aryl methyl sites for hydroxylation is 2. The summed E-state index contributed by atoms with van der Waals surface area (Å²) in [5.41, 5.74) is 4.50. The molecule has 0 radical (unpaired) electrons. The lowest BCUT2D eigenvalue weighted by Crippen LogP contribution is -2.34. The van der Waals surface area contributed by atoms with Gasteiger partial charge in [-0.25, -0.2) is 4.68 Å². The van der Waals surface area contributed by atoms with Crippen LogP contribution in [0.25, 0.3) is 10.4 Å². The van der Waals surface area contributed by atoms with E-state index in [1.807, 2.05) is 25.9 Å². The van der Waals surface area contributed by atoms with E-state index in [9.17, 15) is 4.79 Å². The van der Waals surface area contributed by atoms with Crippen LogP contribution in [0.4, 0.5) is 0 Å². The molecule has 0 aliphatic carbocycles. The van der Waals surface area contributed by atoms with Crippen LogP contribution in [-0.4, -0.2) is 59.3 Å². The molecule has 2 aromatic heterocycles. The maximum atomic E-state index is 13.1. The van der Waals surface area contributed by atoms with Gasteiger partial charge in [0.1, 0.15) is 0 Å². The van der Waals surface area contributed by atoms with Gasteiger partial charge in [-0.3, -0.25) is 9.69 Å². The maximum absolute atomic E-state index is 13.1. The van der Waals surface area contributed by atoms with Gasteiger partial charge >= 0.3 is 0 Å². The molecule has 6 nitrogen and oxygen atoms in total. The molecule has 0 unspecified atom stereocenters. The van der Waals surface area contributed by atoms with E-state index in [1.54, 1.807) is 23.1 Å². The molecule has 1 amide bonds. The van der Waals surface area contributed by atoms with Crippen molar-refractivity contribution in [3.8, 4) is 16.3 Å². The number of carbonyl (C=O) groups is 1. The van der Waals surface area contributed by atoms with Gasteiger partial charge in [0, 0.05) is 45.2 Å². The number of ether oxygens (including phenoxy) is 1. The highest BCUT2D eigenvalue weighted by atomic mass is 32.1. The number of carbonyl (C=O) groups excluding carboxylic acids is 1. The summed E-state index contributed by atoms with van der Waals surface area (Å²) in [7, 11) is 5.49. The van der Waals surface area contributed by atoms with E-state index in [4.69, 9.17) is 4.74 Å². The average Bonchev–Trinajstić information content (AvgIpc) is 3.36. The maximum Gasteiger partial charge on any atom is 0.227 e. The van der Waals surface area contributed by atoms with Gasteiger partial charge in [-0.1, -0.05) is 30.3 Å². The number of nitrogens with zero attached hydrogens (tertiary/aromatic N) is 4. The zero-order valence-electron chi connectivity index (χ0n) is 18.7. The minimum atomic E-state index is -0.0666. The molecule has 1 aromatic carbocycles. The summed E-state index contributed by atoms with van der Waals surface area (Å²) in [5, 5.41) is 6.60. The van der Waals surface area contributed by atoms with E-state index >= 15 is 0 Å². The first-order valence-electron chi connectivity index (χ1n) is 10.6. The van der Waals surface area contributed by atoms with E-state index in [2.05, 4.69) is 51.8 Å². The van der Waals surface area contributed by atoms with E-state index in [0.717, 1.165) is 49.7 Å². The highest BCUT2D eigenvalue weighted by Crippen LogP contribution is 2.27. The van der Waals surface area contributed by atoms with E-state index in [1.165, 1.54) is 16.0 Å². The van der Waals surface area contributed by atoms with Gasteiger partial charge in [-0.2, -0.15) is 5.10 Å². The number of rotatable bonds is 6. The number of hydrogen-bond donors (Lipinski definition) is 0. The van der Waals surface area contributed by atoms with Crippen LogP contribution < -0.4 is 4.74 Å². The molecule has 31 heavy (non-hydrogen) atoms. The number of methoxy groups -OCH3 is 1. The standard InChI is InChI=1S/C24H30N4O2S/c1-17-21(24(30-4)27(3)25-17)16-28-12-11-26(2)23(29)20(15-28)14-18-7-9-19(10-8-18)22-6-5-13-31-22/h5-10,13,20H,11-12,14-16H2,1-4H3/t20-/m1/s1. The molecule has 1 atom stereocenters. The zero-order chi connectivity index (χ0) is 22.0. The number of aromatic nitrogens is 2. The van der Waals surface area contributed by atoms with Crippen LogP contribution in [0.15, 0.2) is 41.8 Å². The fraction of sp³-hybridized carbons (Fsp3) is 0.417. The largest absolute Gasteiger partial charge is 0.481 e. The molecule has 3 heterocycles. The van der Waals surface area contributed by atoms with E-state index in [-0.39, 0.29) is 11.8 Å². The quantitative estimate of drug-likeness (QED) is 0.590. The van der Waals surface area contributed by atoms with Crippen molar-refractivity contribution in [2.24, 2.45) is 13.0 Å². The molecule has 1 saturated heterocycles. The van der Waals surface area contributed by atoms with Crippen LogP contribution in [0.3, 0.4) is 0 Å². The predicted octanol–water partition coefficient (Wildman–Crippen LogP) is 3.60. The van der Waals surface area contributed by atoms with E-state index in [0.29, 0.717) is 0 Å². The predicted molar refractivity (Wildman–Crippen MR) is 124 cm³/mol. The van der Waals surface area contributed by atoms with Crippen molar-refractivity contribution >= 4 is 17.2 Å². The van der Waals surface area contributed by atoms with Gasteiger partial charge in [0.15, 0.2) is 0 Å². The molecule has 0 bridgehead atoms. The van der Waals surface area contributed by atoms with Gasteiger partial charge in [0.2, 0.25) is 11.8 Å². The van der Waals surface area contributed by atoms with Crippen LogP contribution >= 0.6 is 11.3 Å². The third kappa shape index (κ3) is 4.67. The molecular formula is C24H30N4O2S. The molecule has 1 aliphatic rings. The summed E-state index contributed by atoms with van der Waals surface area (Å²) in [4.78, 5) is 18.6. The average molecular weight is 439 g/mol. The topological polar surface area (TPSA) is 50.6 Å². The summed E-state index contributed by atoms with van der Waals surface area (Å²) in [6.45, 7) is 5.05. The Labute approximate surface area is 188 Å². The van der Waals surface area contributed by atoms with Crippen molar-refractivity contribution in [1.82, 2.24) is 19.6 Å². The Morgan fingerprint density at radius 1 is 1.16 bits per heavy atom. The Morgan fingerprint density at radius 2 is 1.94 bits per heavy atom. The molecule has 1 fully saturated rings. The number of amides is 1. The number of likely N-dealkylation sites (N-methyl/N-ethyl adjacent to an activating group) is 1. The SMILES string of the molecule is COc1c(CN2CCN(C)C(=O)[C@H](Cc3ccc(-c4cccs4)cc3)C2)c(C)nn1C. The summed E-state index contributed by atoms with van der Waals surface area (Å²) < 4.78 is 7.36. The zero-order valence-corrected chi connectivity index (χ0v) is 19.5. The van der Waals surface area contributed by atoms with Crippen molar-refractivity contribution < 1.29 is 9.53 Å². The first kappa shape index (κ1) is 21.6. The summed E-state index contributed by atoms with van der Waals surface area (Å²) in [5.74, 6) is 0.949. The minimum Gasteiger partial charge on any atom is -0.481 e. The highest BCUT2D eigenvalue weighted by molar-refractivity contribution is 7.13. The number of hydrogen-bond acceptors (Lipinski definition) is 5. The number of thiophene rings is 1. The Bertz CT molecular complexity index is 1030. The second-order valence-corrected chi connectivity index (χ2v) is 9.21. The van der Waals surface area contributed by atoms with Gasteiger partial charge < -0.3 is 9.64 Å². The fourth-order valence-corrected chi connectivity index (χ4v) is 5.10. The molecular weight excluding hydrogens is 408 g/mol. The lowest BCUT2D eigenvalue weighted by Gasteiger charge is -2.23.